The van der Waals surface area contributed by atoms with Crippen LogP contribution in [-0.4, -0.2) is 44.3 Å². The van der Waals surface area contributed by atoms with E-state index in [-0.39, 0.29) is 11.9 Å². The number of aromatic nitrogens is 5. The van der Waals surface area contributed by atoms with Crippen molar-refractivity contribution < 1.29 is 4.39 Å². The smallest absolute Gasteiger partial charge is 0.129 e. The zero-order chi connectivity index (χ0) is 24.2. The van der Waals surface area contributed by atoms with E-state index in [1.165, 1.54) is 6.07 Å². The van der Waals surface area contributed by atoms with Crippen LogP contribution in [0.1, 0.15) is 0 Å². The van der Waals surface area contributed by atoms with Gasteiger partial charge in [-0.2, -0.15) is 5.10 Å². The van der Waals surface area contributed by atoms with Crippen LogP contribution in [0, 0.1) is 5.82 Å². The lowest BCUT2D eigenvalue weighted by Crippen LogP contribution is -2.56. The molecule has 176 valence electrons. The van der Waals surface area contributed by atoms with Crippen LogP contribution in [0.4, 0.5) is 10.2 Å². The number of hydrogen-bond donors (Lipinski definition) is 3. The third-order valence-electron chi connectivity index (χ3n) is 6.73. The van der Waals surface area contributed by atoms with Gasteiger partial charge >= 0.3 is 0 Å². The summed E-state index contributed by atoms with van der Waals surface area (Å²) in [6.45, 7) is 1.62. The van der Waals surface area contributed by atoms with Crippen LogP contribution in [-0.2, 0) is 0 Å². The molecule has 8 heteroatoms. The van der Waals surface area contributed by atoms with Gasteiger partial charge in [0.15, 0.2) is 0 Å². The molecule has 7 nitrogen and oxygen atoms in total. The van der Waals surface area contributed by atoms with Gasteiger partial charge in [0.05, 0.1) is 28.8 Å². The highest BCUT2D eigenvalue weighted by atomic mass is 19.1. The summed E-state index contributed by atoms with van der Waals surface area (Å²) in [5, 5.41) is 9.63. The van der Waals surface area contributed by atoms with Crippen molar-refractivity contribution in [2.75, 3.05) is 18.0 Å². The van der Waals surface area contributed by atoms with Crippen molar-refractivity contribution in [3.63, 3.8) is 0 Å². The Labute approximate surface area is 205 Å². The number of pyridine rings is 2. The summed E-state index contributed by atoms with van der Waals surface area (Å²) in [4.78, 5) is 15.1. The standard InChI is InChI=1S/C28H22FN7/c29-17-5-1-4-16(10-17)19-6-2-7-22-20(19)11-25(32-22)28-21-12-24(31-13-26(21)34-35-28)23-8-3-9-27(33-23)36-14-18(30)15-36/h1-13,18,32H,14-15,30H2,(H,34,35). The molecule has 0 atom stereocenters. The molecule has 0 aliphatic carbocycles. The number of rotatable bonds is 4. The van der Waals surface area contributed by atoms with Gasteiger partial charge in [0, 0.05) is 35.4 Å². The molecule has 0 unspecified atom stereocenters. The summed E-state index contributed by atoms with van der Waals surface area (Å²) in [5.74, 6) is 0.650. The highest BCUT2D eigenvalue weighted by molar-refractivity contribution is 6.01. The van der Waals surface area contributed by atoms with Crippen molar-refractivity contribution in [2.24, 2.45) is 5.73 Å². The Kier molecular flexibility index (Phi) is 4.62. The molecule has 0 radical (unpaired) electrons. The Bertz CT molecular complexity index is 1750. The van der Waals surface area contributed by atoms with Gasteiger partial charge in [-0.05, 0) is 53.6 Å². The van der Waals surface area contributed by atoms with E-state index >= 15 is 0 Å². The lowest BCUT2D eigenvalue weighted by Gasteiger charge is -2.37. The van der Waals surface area contributed by atoms with E-state index in [1.54, 1.807) is 18.3 Å². The van der Waals surface area contributed by atoms with E-state index in [2.05, 4.69) is 31.1 Å². The van der Waals surface area contributed by atoms with E-state index in [9.17, 15) is 4.39 Å². The van der Waals surface area contributed by atoms with Gasteiger partial charge in [0.2, 0.25) is 0 Å². The minimum Gasteiger partial charge on any atom is -0.353 e. The molecule has 1 fully saturated rings. The van der Waals surface area contributed by atoms with Crippen LogP contribution < -0.4 is 10.6 Å². The Morgan fingerprint density at radius 3 is 2.61 bits per heavy atom. The maximum absolute atomic E-state index is 13.9. The largest absolute Gasteiger partial charge is 0.353 e. The van der Waals surface area contributed by atoms with E-state index in [4.69, 9.17) is 10.7 Å². The van der Waals surface area contributed by atoms with E-state index < -0.39 is 0 Å². The summed E-state index contributed by atoms with van der Waals surface area (Å²) in [6.07, 6.45) is 1.79. The summed E-state index contributed by atoms with van der Waals surface area (Å²) >= 11 is 0. The number of H-pyrrole nitrogens is 2. The topological polar surface area (TPSA) is 99.5 Å². The zero-order valence-corrected chi connectivity index (χ0v) is 19.2. The Morgan fingerprint density at radius 2 is 1.75 bits per heavy atom. The molecule has 0 bridgehead atoms. The second-order valence-corrected chi connectivity index (χ2v) is 9.19. The minimum absolute atomic E-state index is 0.205. The summed E-state index contributed by atoms with van der Waals surface area (Å²) in [7, 11) is 0. The van der Waals surface area contributed by atoms with Crippen LogP contribution in [0.15, 0.2) is 79.0 Å². The molecule has 6 aromatic rings. The highest BCUT2D eigenvalue weighted by Gasteiger charge is 2.24. The normalized spacial score (nSPS) is 14.0. The first-order valence-electron chi connectivity index (χ1n) is 11.8. The lowest BCUT2D eigenvalue weighted by molar-refractivity contribution is 0.515. The van der Waals surface area contributed by atoms with Gasteiger partial charge in [0.25, 0.3) is 0 Å². The lowest BCUT2D eigenvalue weighted by atomic mass is 10.0. The van der Waals surface area contributed by atoms with Gasteiger partial charge in [0.1, 0.15) is 17.3 Å². The molecule has 4 N–H and O–H groups in total. The first-order chi connectivity index (χ1) is 17.6. The zero-order valence-electron chi connectivity index (χ0n) is 19.2. The number of aromatic amines is 2. The maximum atomic E-state index is 13.9. The predicted molar refractivity (Wildman–Crippen MR) is 140 cm³/mol. The third-order valence-corrected chi connectivity index (χ3v) is 6.73. The second-order valence-electron chi connectivity index (χ2n) is 9.19. The summed E-state index contributed by atoms with van der Waals surface area (Å²) < 4.78 is 13.9. The van der Waals surface area contributed by atoms with Crippen molar-refractivity contribution in [1.29, 1.82) is 0 Å². The second kappa shape index (κ2) is 8.00. The number of benzene rings is 2. The number of anilines is 1. The average molecular weight is 476 g/mol. The number of hydrogen-bond acceptors (Lipinski definition) is 5. The maximum Gasteiger partial charge on any atom is 0.129 e. The fourth-order valence-electron chi connectivity index (χ4n) is 4.89. The van der Waals surface area contributed by atoms with Crippen molar-refractivity contribution >= 4 is 27.6 Å². The minimum atomic E-state index is -0.256. The van der Waals surface area contributed by atoms with Crippen LogP contribution in [0.25, 0.3) is 55.7 Å². The van der Waals surface area contributed by atoms with Gasteiger partial charge in [-0.15, -0.1) is 0 Å². The van der Waals surface area contributed by atoms with Crippen molar-refractivity contribution in [2.45, 2.75) is 6.04 Å². The summed E-state index contributed by atoms with van der Waals surface area (Å²) in [5.41, 5.74) is 12.8. The molecular weight excluding hydrogens is 453 g/mol. The number of halogens is 1. The third kappa shape index (κ3) is 3.42. The number of fused-ring (bicyclic) bond motifs is 2. The number of nitrogens with two attached hydrogens (primary N) is 1. The Morgan fingerprint density at radius 1 is 0.889 bits per heavy atom. The summed E-state index contributed by atoms with van der Waals surface area (Å²) in [6, 6.07) is 22.9. The molecule has 0 spiro atoms. The molecule has 7 rings (SSSR count). The van der Waals surface area contributed by atoms with Crippen molar-refractivity contribution in [3.05, 3.63) is 84.8 Å². The van der Waals surface area contributed by atoms with E-state index in [0.29, 0.717) is 0 Å². The highest BCUT2D eigenvalue weighted by Crippen LogP contribution is 2.35. The quantitative estimate of drug-likeness (QED) is 0.329. The molecule has 0 amide bonds. The molecule has 1 aliphatic heterocycles. The fraction of sp³-hybridized carbons (Fsp3) is 0.107. The van der Waals surface area contributed by atoms with Crippen LogP contribution in [0.2, 0.25) is 0 Å². The van der Waals surface area contributed by atoms with Gasteiger partial charge in [-0.3, -0.25) is 10.1 Å². The van der Waals surface area contributed by atoms with Crippen LogP contribution in [0.3, 0.4) is 0 Å². The fourth-order valence-corrected chi connectivity index (χ4v) is 4.89. The van der Waals surface area contributed by atoms with Gasteiger partial charge < -0.3 is 15.6 Å². The SMILES string of the molecule is NC1CN(c2cccc(-c3cc4c(-c5cc6c(-c7cccc(F)c7)cccc6[nH]5)n[nH]c4cn3)n2)C1. The molecule has 4 aromatic heterocycles. The molecule has 2 aromatic carbocycles. The molecule has 36 heavy (non-hydrogen) atoms. The van der Waals surface area contributed by atoms with Crippen molar-refractivity contribution in [3.8, 4) is 33.9 Å². The molecular formula is C28H22FN7. The van der Waals surface area contributed by atoms with Crippen LogP contribution in [0.5, 0.6) is 0 Å². The van der Waals surface area contributed by atoms with Crippen molar-refractivity contribution in [1.82, 2.24) is 25.1 Å². The molecule has 0 saturated carbocycles. The number of nitrogens with zero attached hydrogens (tertiary/aromatic N) is 4. The van der Waals surface area contributed by atoms with Gasteiger partial charge in [-0.25, -0.2) is 9.37 Å². The Balaban J connectivity index is 1.31. The van der Waals surface area contributed by atoms with E-state index in [0.717, 1.165) is 74.6 Å². The predicted octanol–water partition coefficient (Wildman–Crippen LogP) is 5.12. The molecule has 1 saturated heterocycles. The Hall–Kier alpha value is -4.56. The molecule has 5 heterocycles. The average Bonchev–Trinajstić information content (AvgIpc) is 3.50. The first kappa shape index (κ1) is 20.8. The van der Waals surface area contributed by atoms with Crippen LogP contribution >= 0.6 is 0 Å². The van der Waals surface area contributed by atoms with Gasteiger partial charge in [-0.1, -0.05) is 30.3 Å². The molecule has 1 aliphatic rings. The first-order valence-corrected chi connectivity index (χ1v) is 11.8. The monoisotopic (exact) mass is 475 g/mol. The van der Waals surface area contributed by atoms with E-state index in [1.807, 2.05) is 48.5 Å². The number of nitrogens with one attached hydrogen (secondary N) is 2.